The van der Waals surface area contributed by atoms with Crippen LogP contribution in [0, 0.1) is 17.2 Å². The fraction of sp³-hybridized carbons (Fsp3) is 0.429. The Balaban J connectivity index is 2.29. The van der Waals surface area contributed by atoms with E-state index in [1.54, 1.807) is 24.3 Å². The van der Waals surface area contributed by atoms with Gasteiger partial charge in [-0.1, -0.05) is 13.8 Å². The predicted octanol–water partition coefficient (Wildman–Crippen LogP) is 3.12. The number of anilines is 1. The molecule has 4 heteroatoms. The van der Waals surface area contributed by atoms with Crippen molar-refractivity contribution in [1.29, 1.82) is 5.26 Å². The predicted molar refractivity (Wildman–Crippen MR) is 72.3 cm³/mol. The van der Waals surface area contributed by atoms with Crippen LogP contribution in [0.25, 0.3) is 0 Å². The van der Waals surface area contributed by atoms with Crippen LogP contribution in [0.1, 0.15) is 32.3 Å². The van der Waals surface area contributed by atoms with Crippen molar-refractivity contribution >= 4 is 11.7 Å². The fourth-order valence-corrected chi connectivity index (χ4v) is 1.52. The Morgan fingerprint density at radius 3 is 2.56 bits per heavy atom. The molecule has 0 heterocycles. The molecule has 0 aromatic heterocycles. The van der Waals surface area contributed by atoms with Gasteiger partial charge in [-0.15, -0.1) is 0 Å². The standard InChI is InChI=1S/C14H19N3O/c1-11(2)4-3-9-16-14(18)17-13-7-5-12(10-15)6-8-13/h5-8,11H,3-4,9H2,1-2H3,(H2,16,17,18). The fourth-order valence-electron chi connectivity index (χ4n) is 1.52. The van der Waals surface area contributed by atoms with Crippen LogP contribution in [-0.2, 0) is 0 Å². The second-order valence-corrected chi connectivity index (χ2v) is 4.61. The number of nitrogens with zero attached hydrogens (tertiary/aromatic N) is 1. The van der Waals surface area contributed by atoms with E-state index in [4.69, 9.17) is 5.26 Å². The Kier molecular flexibility index (Phi) is 5.72. The largest absolute Gasteiger partial charge is 0.338 e. The summed E-state index contributed by atoms with van der Waals surface area (Å²) in [6, 6.07) is 8.61. The molecule has 0 aliphatic carbocycles. The first kappa shape index (κ1) is 14.0. The highest BCUT2D eigenvalue weighted by Gasteiger charge is 2.01. The van der Waals surface area contributed by atoms with Crippen LogP contribution >= 0.6 is 0 Å². The molecule has 0 radical (unpaired) electrons. The van der Waals surface area contributed by atoms with Crippen molar-refractivity contribution in [3.8, 4) is 6.07 Å². The zero-order valence-electron chi connectivity index (χ0n) is 10.9. The van der Waals surface area contributed by atoms with Gasteiger partial charge in [0.2, 0.25) is 0 Å². The first-order chi connectivity index (χ1) is 8.61. The van der Waals surface area contributed by atoms with Crippen LogP contribution in [0.15, 0.2) is 24.3 Å². The molecule has 1 rings (SSSR count). The highest BCUT2D eigenvalue weighted by atomic mass is 16.2. The van der Waals surface area contributed by atoms with Crippen molar-refractivity contribution in [2.45, 2.75) is 26.7 Å². The molecule has 1 aromatic carbocycles. The number of nitrogens with one attached hydrogen (secondary N) is 2. The Hall–Kier alpha value is -2.02. The molecule has 4 nitrogen and oxygen atoms in total. The number of nitriles is 1. The lowest BCUT2D eigenvalue weighted by Gasteiger charge is -2.08. The number of carbonyl (C=O) groups is 1. The van der Waals surface area contributed by atoms with Gasteiger partial charge in [0.15, 0.2) is 0 Å². The van der Waals surface area contributed by atoms with Crippen molar-refractivity contribution in [2.75, 3.05) is 11.9 Å². The van der Waals surface area contributed by atoms with Gasteiger partial charge in [0.25, 0.3) is 0 Å². The van der Waals surface area contributed by atoms with Gasteiger partial charge in [-0.25, -0.2) is 4.79 Å². The van der Waals surface area contributed by atoms with E-state index >= 15 is 0 Å². The molecule has 0 spiro atoms. The van der Waals surface area contributed by atoms with Crippen molar-refractivity contribution < 1.29 is 4.79 Å². The SMILES string of the molecule is CC(C)CCCNC(=O)Nc1ccc(C#N)cc1. The van der Waals surface area contributed by atoms with Crippen molar-refractivity contribution in [1.82, 2.24) is 5.32 Å². The van der Waals surface area contributed by atoms with Crippen LogP contribution in [-0.4, -0.2) is 12.6 Å². The summed E-state index contributed by atoms with van der Waals surface area (Å²) in [5.41, 5.74) is 1.27. The number of rotatable bonds is 5. The Labute approximate surface area is 108 Å². The van der Waals surface area contributed by atoms with E-state index in [2.05, 4.69) is 24.5 Å². The van der Waals surface area contributed by atoms with Gasteiger partial charge in [-0.3, -0.25) is 0 Å². The molecule has 2 amide bonds. The van der Waals surface area contributed by atoms with E-state index in [0.29, 0.717) is 23.7 Å². The molecule has 18 heavy (non-hydrogen) atoms. The highest BCUT2D eigenvalue weighted by molar-refractivity contribution is 5.89. The van der Waals surface area contributed by atoms with Gasteiger partial charge in [0.05, 0.1) is 11.6 Å². The summed E-state index contributed by atoms with van der Waals surface area (Å²) in [5.74, 6) is 0.661. The van der Waals surface area contributed by atoms with Gasteiger partial charge < -0.3 is 10.6 Å². The molecule has 0 unspecified atom stereocenters. The molecule has 0 atom stereocenters. The quantitative estimate of drug-likeness (QED) is 0.783. The lowest BCUT2D eigenvalue weighted by molar-refractivity contribution is 0.251. The summed E-state index contributed by atoms with van der Waals surface area (Å²) in [5, 5.41) is 14.2. The highest BCUT2D eigenvalue weighted by Crippen LogP contribution is 2.08. The van der Waals surface area contributed by atoms with Crippen LogP contribution in [0.3, 0.4) is 0 Å². The van der Waals surface area contributed by atoms with Gasteiger partial charge in [0.1, 0.15) is 0 Å². The number of benzene rings is 1. The summed E-state index contributed by atoms with van der Waals surface area (Å²) >= 11 is 0. The average molecular weight is 245 g/mol. The summed E-state index contributed by atoms with van der Waals surface area (Å²) in [6.07, 6.45) is 2.09. The third-order valence-electron chi connectivity index (χ3n) is 2.52. The smallest absolute Gasteiger partial charge is 0.319 e. The molecule has 0 saturated heterocycles. The molecule has 0 aliphatic rings. The van der Waals surface area contributed by atoms with Crippen molar-refractivity contribution in [3.05, 3.63) is 29.8 Å². The van der Waals surface area contributed by atoms with E-state index < -0.39 is 0 Å². The van der Waals surface area contributed by atoms with Crippen LogP contribution in [0.4, 0.5) is 10.5 Å². The summed E-state index contributed by atoms with van der Waals surface area (Å²) < 4.78 is 0. The minimum Gasteiger partial charge on any atom is -0.338 e. The summed E-state index contributed by atoms with van der Waals surface area (Å²) in [6.45, 7) is 5.01. The van der Waals surface area contributed by atoms with Gasteiger partial charge in [-0.05, 0) is 43.0 Å². The van der Waals surface area contributed by atoms with Gasteiger partial charge in [-0.2, -0.15) is 5.26 Å². The van der Waals surface area contributed by atoms with E-state index in [1.165, 1.54) is 0 Å². The first-order valence-corrected chi connectivity index (χ1v) is 6.17. The first-order valence-electron chi connectivity index (χ1n) is 6.17. The Morgan fingerprint density at radius 1 is 1.33 bits per heavy atom. The number of amides is 2. The number of carbonyl (C=O) groups excluding carboxylic acids is 1. The van der Waals surface area contributed by atoms with Crippen molar-refractivity contribution in [3.63, 3.8) is 0 Å². The minimum atomic E-state index is -0.205. The summed E-state index contributed by atoms with van der Waals surface area (Å²) in [7, 11) is 0. The maximum absolute atomic E-state index is 11.5. The molecule has 0 aliphatic heterocycles. The average Bonchev–Trinajstić information content (AvgIpc) is 2.35. The maximum Gasteiger partial charge on any atom is 0.319 e. The van der Waals surface area contributed by atoms with E-state index in [-0.39, 0.29) is 6.03 Å². The zero-order valence-corrected chi connectivity index (χ0v) is 10.9. The third-order valence-corrected chi connectivity index (χ3v) is 2.52. The normalized spacial score (nSPS) is 9.89. The lowest BCUT2D eigenvalue weighted by atomic mass is 10.1. The molecule has 0 fully saturated rings. The second-order valence-electron chi connectivity index (χ2n) is 4.61. The van der Waals surface area contributed by atoms with Crippen LogP contribution in [0.2, 0.25) is 0 Å². The van der Waals surface area contributed by atoms with Crippen molar-refractivity contribution in [2.24, 2.45) is 5.92 Å². The summed E-state index contributed by atoms with van der Waals surface area (Å²) in [4.78, 5) is 11.5. The number of hydrogen-bond donors (Lipinski definition) is 2. The molecule has 1 aromatic rings. The van der Waals surface area contributed by atoms with Crippen LogP contribution < -0.4 is 10.6 Å². The Morgan fingerprint density at radius 2 is 2.00 bits per heavy atom. The molecule has 0 bridgehead atoms. The molecule has 0 saturated carbocycles. The van der Waals surface area contributed by atoms with E-state index in [1.807, 2.05) is 6.07 Å². The molecule has 96 valence electrons. The molecule has 2 N–H and O–H groups in total. The second kappa shape index (κ2) is 7.33. The van der Waals surface area contributed by atoms with Gasteiger partial charge >= 0.3 is 6.03 Å². The minimum absolute atomic E-state index is 0.205. The van der Waals surface area contributed by atoms with Gasteiger partial charge in [0, 0.05) is 12.2 Å². The van der Waals surface area contributed by atoms with E-state index in [0.717, 1.165) is 12.8 Å². The number of urea groups is 1. The Bertz CT molecular complexity index is 418. The maximum atomic E-state index is 11.5. The third kappa shape index (κ3) is 5.35. The number of hydrogen-bond acceptors (Lipinski definition) is 2. The molecular weight excluding hydrogens is 226 g/mol. The molecular formula is C14H19N3O. The zero-order chi connectivity index (χ0) is 13.4. The monoisotopic (exact) mass is 245 g/mol. The topological polar surface area (TPSA) is 64.9 Å². The van der Waals surface area contributed by atoms with E-state index in [9.17, 15) is 4.79 Å². The lowest BCUT2D eigenvalue weighted by Crippen LogP contribution is -2.29. The van der Waals surface area contributed by atoms with Crippen LogP contribution in [0.5, 0.6) is 0 Å².